The van der Waals surface area contributed by atoms with Crippen LogP contribution in [0.4, 0.5) is 0 Å². The van der Waals surface area contributed by atoms with Crippen molar-refractivity contribution in [3.8, 4) is 17.2 Å². The van der Waals surface area contributed by atoms with Gasteiger partial charge in [-0.25, -0.2) is 0 Å². The van der Waals surface area contributed by atoms with Crippen molar-refractivity contribution in [2.45, 2.75) is 38.6 Å². The van der Waals surface area contributed by atoms with Crippen LogP contribution in [0.3, 0.4) is 0 Å². The molecule has 0 radical (unpaired) electrons. The zero-order valence-corrected chi connectivity index (χ0v) is 15.1. The number of ether oxygens (including phenoxy) is 3. The number of allylic oxidation sites excluding steroid dienone is 1. The van der Waals surface area contributed by atoms with Crippen LogP contribution >= 0.6 is 12.4 Å². The van der Waals surface area contributed by atoms with Gasteiger partial charge < -0.3 is 19.5 Å². The predicted molar refractivity (Wildman–Crippen MR) is 96.2 cm³/mol. The second-order valence-electron chi connectivity index (χ2n) is 5.55. The summed E-state index contributed by atoms with van der Waals surface area (Å²) in [4.78, 5) is 0. The fourth-order valence-electron chi connectivity index (χ4n) is 2.83. The van der Waals surface area contributed by atoms with Crippen molar-refractivity contribution >= 4 is 12.4 Å². The SMILES string of the molecule is COc1cc(OC)c(OC)cc1CNCCC1=CCCCC1.Cl. The number of benzene rings is 1. The van der Waals surface area contributed by atoms with E-state index < -0.39 is 0 Å². The van der Waals surface area contributed by atoms with Crippen LogP contribution in [0, 0.1) is 0 Å². The van der Waals surface area contributed by atoms with E-state index in [0.29, 0.717) is 5.75 Å². The summed E-state index contributed by atoms with van der Waals surface area (Å²) in [5.74, 6) is 2.24. The molecule has 0 saturated heterocycles. The molecule has 0 spiro atoms. The van der Waals surface area contributed by atoms with Crippen LogP contribution in [0.25, 0.3) is 0 Å². The molecule has 1 aliphatic rings. The zero-order valence-electron chi connectivity index (χ0n) is 14.3. The molecule has 0 bridgehead atoms. The van der Waals surface area contributed by atoms with Crippen molar-refractivity contribution in [3.05, 3.63) is 29.3 Å². The van der Waals surface area contributed by atoms with Gasteiger partial charge in [0.05, 0.1) is 21.3 Å². The quantitative estimate of drug-likeness (QED) is 0.570. The Hall–Kier alpha value is -1.39. The van der Waals surface area contributed by atoms with Crippen molar-refractivity contribution in [2.24, 2.45) is 0 Å². The summed E-state index contributed by atoms with van der Waals surface area (Å²) in [7, 11) is 4.96. The van der Waals surface area contributed by atoms with E-state index in [2.05, 4.69) is 11.4 Å². The monoisotopic (exact) mass is 341 g/mol. The van der Waals surface area contributed by atoms with E-state index in [0.717, 1.165) is 36.6 Å². The molecule has 130 valence electrons. The summed E-state index contributed by atoms with van der Waals surface area (Å²) < 4.78 is 16.1. The normalized spacial score (nSPS) is 13.8. The third-order valence-corrected chi connectivity index (χ3v) is 4.11. The molecule has 23 heavy (non-hydrogen) atoms. The van der Waals surface area contributed by atoms with Crippen molar-refractivity contribution in [1.82, 2.24) is 5.32 Å². The third-order valence-electron chi connectivity index (χ3n) is 4.11. The van der Waals surface area contributed by atoms with Crippen molar-refractivity contribution in [2.75, 3.05) is 27.9 Å². The summed E-state index contributed by atoms with van der Waals surface area (Å²) in [6, 6.07) is 3.85. The van der Waals surface area contributed by atoms with Gasteiger partial charge in [-0.05, 0) is 44.7 Å². The number of rotatable bonds is 8. The standard InChI is InChI=1S/C18H27NO3.ClH/c1-20-16-12-18(22-3)17(21-2)11-15(16)13-19-10-9-14-7-5-4-6-8-14;/h7,11-12,19H,4-6,8-10,13H2,1-3H3;1H. The van der Waals surface area contributed by atoms with Crippen molar-refractivity contribution in [1.29, 1.82) is 0 Å². The van der Waals surface area contributed by atoms with Gasteiger partial charge in [0.1, 0.15) is 5.75 Å². The Morgan fingerprint density at radius 3 is 2.26 bits per heavy atom. The Kier molecular flexibility index (Phi) is 8.89. The average molecular weight is 342 g/mol. The largest absolute Gasteiger partial charge is 0.496 e. The molecular weight excluding hydrogens is 314 g/mol. The maximum absolute atomic E-state index is 5.45. The van der Waals surface area contributed by atoms with E-state index in [1.165, 1.54) is 25.7 Å². The maximum Gasteiger partial charge on any atom is 0.164 e. The molecule has 4 nitrogen and oxygen atoms in total. The molecule has 1 N–H and O–H groups in total. The van der Waals surface area contributed by atoms with E-state index in [1.54, 1.807) is 26.9 Å². The number of hydrogen-bond acceptors (Lipinski definition) is 4. The Morgan fingerprint density at radius 1 is 0.957 bits per heavy atom. The fourth-order valence-corrected chi connectivity index (χ4v) is 2.83. The van der Waals surface area contributed by atoms with Crippen molar-refractivity contribution < 1.29 is 14.2 Å². The predicted octanol–water partition coefficient (Wildman–Crippen LogP) is 4.11. The van der Waals surface area contributed by atoms with E-state index in [1.807, 2.05) is 12.1 Å². The van der Waals surface area contributed by atoms with Crippen LogP contribution in [0.15, 0.2) is 23.8 Å². The first kappa shape index (κ1) is 19.7. The Balaban J connectivity index is 0.00000264. The lowest BCUT2D eigenvalue weighted by molar-refractivity contribution is 0.347. The molecule has 1 aromatic rings. The Labute approximate surface area is 145 Å². The second kappa shape index (κ2) is 10.4. The summed E-state index contributed by atoms with van der Waals surface area (Å²) in [6.07, 6.45) is 8.74. The van der Waals surface area contributed by atoms with E-state index in [9.17, 15) is 0 Å². The number of halogens is 1. The molecule has 1 aliphatic carbocycles. The molecule has 0 aromatic heterocycles. The molecule has 0 saturated carbocycles. The first-order valence-corrected chi connectivity index (χ1v) is 7.96. The van der Waals surface area contributed by atoms with Crippen LogP contribution in [0.1, 0.15) is 37.7 Å². The molecule has 0 unspecified atom stereocenters. The van der Waals surface area contributed by atoms with E-state index in [4.69, 9.17) is 14.2 Å². The number of nitrogens with one attached hydrogen (secondary N) is 1. The molecule has 0 heterocycles. The molecule has 1 aromatic carbocycles. The summed E-state index contributed by atoms with van der Waals surface area (Å²) >= 11 is 0. The van der Waals surface area contributed by atoms with Crippen LogP contribution in [-0.2, 0) is 6.54 Å². The highest BCUT2D eigenvalue weighted by molar-refractivity contribution is 5.85. The van der Waals surface area contributed by atoms with Gasteiger partial charge >= 0.3 is 0 Å². The molecular formula is C18H28ClNO3. The topological polar surface area (TPSA) is 39.7 Å². The number of methoxy groups -OCH3 is 3. The minimum Gasteiger partial charge on any atom is -0.496 e. The first-order chi connectivity index (χ1) is 10.8. The zero-order chi connectivity index (χ0) is 15.8. The highest BCUT2D eigenvalue weighted by atomic mass is 35.5. The molecule has 0 fully saturated rings. The maximum atomic E-state index is 5.45. The highest BCUT2D eigenvalue weighted by Gasteiger charge is 2.11. The minimum atomic E-state index is 0. The van der Waals surface area contributed by atoms with Gasteiger partial charge in [-0.15, -0.1) is 12.4 Å². The van der Waals surface area contributed by atoms with Gasteiger partial charge in [0.2, 0.25) is 0 Å². The smallest absolute Gasteiger partial charge is 0.164 e. The summed E-state index contributed by atoms with van der Waals surface area (Å²) in [6.45, 7) is 1.75. The van der Waals surface area contributed by atoms with Gasteiger partial charge in [0, 0.05) is 18.2 Å². The van der Waals surface area contributed by atoms with E-state index >= 15 is 0 Å². The lowest BCUT2D eigenvalue weighted by atomic mass is 9.97. The molecule has 2 rings (SSSR count). The van der Waals surface area contributed by atoms with Gasteiger partial charge in [-0.1, -0.05) is 11.6 Å². The lowest BCUT2D eigenvalue weighted by Gasteiger charge is -2.15. The van der Waals surface area contributed by atoms with Crippen LogP contribution in [0.5, 0.6) is 17.2 Å². The third kappa shape index (κ3) is 5.63. The fraction of sp³-hybridized carbons (Fsp3) is 0.556. The number of hydrogen-bond donors (Lipinski definition) is 1. The molecule has 0 aliphatic heterocycles. The molecule has 0 atom stereocenters. The van der Waals surface area contributed by atoms with E-state index in [-0.39, 0.29) is 12.4 Å². The average Bonchev–Trinajstić information content (AvgIpc) is 2.58. The summed E-state index contributed by atoms with van der Waals surface area (Å²) in [5, 5.41) is 3.50. The van der Waals surface area contributed by atoms with Gasteiger partial charge in [-0.3, -0.25) is 0 Å². The van der Waals surface area contributed by atoms with Gasteiger partial charge in [0.25, 0.3) is 0 Å². The second-order valence-corrected chi connectivity index (χ2v) is 5.55. The van der Waals surface area contributed by atoms with Crippen LogP contribution in [0.2, 0.25) is 0 Å². The first-order valence-electron chi connectivity index (χ1n) is 7.96. The van der Waals surface area contributed by atoms with Crippen LogP contribution in [-0.4, -0.2) is 27.9 Å². The minimum absolute atomic E-state index is 0. The Morgan fingerprint density at radius 2 is 1.65 bits per heavy atom. The van der Waals surface area contributed by atoms with Crippen molar-refractivity contribution in [3.63, 3.8) is 0 Å². The molecule has 5 heteroatoms. The van der Waals surface area contributed by atoms with Crippen LogP contribution < -0.4 is 19.5 Å². The lowest BCUT2D eigenvalue weighted by Crippen LogP contribution is -2.16. The molecule has 0 amide bonds. The van der Waals surface area contributed by atoms with Gasteiger partial charge in [0.15, 0.2) is 11.5 Å². The van der Waals surface area contributed by atoms with Gasteiger partial charge in [-0.2, -0.15) is 0 Å². The highest BCUT2D eigenvalue weighted by Crippen LogP contribution is 2.34. The summed E-state index contributed by atoms with van der Waals surface area (Å²) in [5.41, 5.74) is 2.68. The Bertz CT molecular complexity index is 517.